The van der Waals surface area contributed by atoms with E-state index in [1.807, 2.05) is 0 Å². The van der Waals surface area contributed by atoms with Gasteiger partial charge in [-0.15, -0.1) is 0 Å². The molecule has 2 spiro atoms. The predicted octanol–water partition coefficient (Wildman–Crippen LogP) is 12.3. The summed E-state index contributed by atoms with van der Waals surface area (Å²) >= 11 is 0. The van der Waals surface area contributed by atoms with Gasteiger partial charge in [0.25, 0.3) is 0 Å². The van der Waals surface area contributed by atoms with E-state index in [1.54, 1.807) is 16.8 Å². The fraction of sp³-hybridized carbons (Fsp3) is 0.727. The normalized spacial score (nSPS) is 22.6. The molecular weight excluding hydrogens is 567 g/mol. The van der Waals surface area contributed by atoms with Crippen molar-refractivity contribution in [2.24, 2.45) is 10.8 Å². The summed E-state index contributed by atoms with van der Waals surface area (Å²) in [6.45, 7) is 28.8. The zero-order valence-electron chi connectivity index (χ0n) is 32.7. The average Bonchev–Trinajstić information content (AvgIpc) is 3.39. The number of benzene rings is 2. The van der Waals surface area contributed by atoms with Crippen molar-refractivity contribution in [2.45, 2.75) is 182 Å². The van der Waals surface area contributed by atoms with Crippen molar-refractivity contribution in [3.8, 4) is 0 Å². The Morgan fingerprint density at radius 1 is 0.511 bits per heavy atom. The number of hydrogen-bond donors (Lipinski definition) is 0. The highest BCUT2D eigenvalue weighted by molar-refractivity contribution is 5.75. The maximum Gasteiger partial charge on any atom is 0.0441 e. The monoisotopic (exact) mass is 639 g/mol. The van der Waals surface area contributed by atoms with E-state index in [0.717, 1.165) is 0 Å². The molecule has 2 saturated heterocycles. The molecule has 0 unspecified atom stereocenters. The van der Waals surface area contributed by atoms with Crippen LogP contribution in [0.2, 0.25) is 0 Å². The molecule has 4 aliphatic rings. The van der Waals surface area contributed by atoms with Crippen LogP contribution in [0.4, 0.5) is 11.4 Å². The lowest BCUT2D eigenvalue weighted by molar-refractivity contribution is 0.204. The topological polar surface area (TPSA) is 6.48 Å². The summed E-state index contributed by atoms with van der Waals surface area (Å²) in [7, 11) is 0. The van der Waals surface area contributed by atoms with Gasteiger partial charge in [-0.1, -0.05) is 116 Å². The van der Waals surface area contributed by atoms with Crippen LogP contribution in [-0.2, 0) is 0 Å². The molecule has 0 bridgehead atoms. The molecule has 2 heterocycles. The van der Waals surface area contributed by atoms with Crippen LogP contribution in [0.15, 0.2) is 36.4 Å². The Morgan fingerprint density at radius 2 is 0.851 bits per heavy atom. The Balaban J connectivity index is 0.000000209. The second-order valence-electron chi connectivity index (χ2n) is 18.5. The Kier molecular flexibility index (Phi) is 11.7. The Hall–Kier alpha value is -1.90. The number of rotatable bonds is 5. The van der Waals surface area contributed by atoms with Crippen molar-refractivity contribution in [1.82, 2.24) is 0 Å². The predicted molar refractivity (Wildman–Crippen MR) is 210 cm³/mol. The van der Waals surface area contributed by atoms with Crippen molar-refractivity contribution in [3.63, 3.8) is 0 Å². The van der Waals surface area contributed by atoms with Gasteiger partial charge in [-0.3, -0.25) is 0 Å². The summed E-state index contributed by atoms with van der Waals surface area (Å²) in [4.78, 5) is 5.58. The van der Waals surface area contributed by atoms with Gasteiger partial charge >= 0.3 is 0 Å². The Labute approximate surface area is 293 Å². The number of para-hydroxylation sites is 2. The Morgan fingerprint density at radius 3 is 1.23 bits per heavy atom. The quantitative estimate of drug-likeness (QED) is 0.301. The standard InChI is InChI=1S/C23H37N.C21H33N.BH/c1-17(2)19-11-10-12-20(18(3)4)21(19)24-16-23(15-22(24,5)6)13-8-7-9-14-23;1-16(2)18-11-9-10-17(3)19(18)22-15-21(14-20(22,4)5)12-7-6-8-13-21;/h10-12,17-18H,7-9,13-16H2,1-6H3;9-11,16H,6-8,12-15H2,1-5H3;1H. The van der Waals surface area contributed by atoms with Gasteiger partial charge in [0.1, 0.15) is 0 Å². The van der Waals surface area contributed by atoms with Gasteiger partial charge in [0.05, 0.1) is 0 Å². The zero-order valence-corrected chi connectivity index (χ0v) is 32.7. The molecule has 6 rings (SSSR count). The minimum atomic E-state index is 0. The first-order valence-electron chi connectivity index (χ1n) is 19.4. The molecule has 2 radical (unpaired) electrons. The molecule has 0 atom stereocenters. The first-order chi connectivity index (χ1) is 21.6. The second-order valence-corrected chi connectivity index (χ2v) is 18.5. The van der Waals surface area contributed by atoms with Gasteiger partial charge in [0.15, 0.2) is 0 Å². The van der Waals surface area contributed by atoms with Crippen LogP contribution >= 0.6 is 0 Å². The minimum absolute atomic E-state index is 0. The van der Waals surface area contributed by atoms with E-state index in [-0.39, 0.29) is 19.5 Å². The van der Waals surface area contributed by atoms with Crippen LogP contribution in [0.3, 0.4) is 0 Å². The summed E-state index contributed by atoms with van der Waals surface area (Å²) in [6.07, 6.45) is 17.1. The van der Waals surface area contributed by atoms with Gasteiger partial charge in [0.2, 0.25) is 0 Å². The summed E-state index contributed by atoms with van der Waals surface area (Å²) in [6, 6.07) is 13.9. The van der Waals surface area contributed by atoms with Gasteiger partial charge in [-0.05, 0) is 124 Å². The third kappa shape index (κ3) is 7.80. The van der Waals surface area contributed by atoms with Crippen molar-refractivity contribution < 1.29 is 0 Å². The van der Waals surface area contributed by atoms with Crippen molar-refractivity contribution >= 4 is 19.8 Å². The third-order valence-electron chi connectivity index (χ3n) is 12.7. The van der Waals surface area contributed by atoms with E-state index in [2.05, 4.69) is 122 Å². The highest BCUT2D eigenvalue weighted by Crippen LogP contribution is 2.54. The van der Waals surface area contributed by atoms with E-state index >= 15 is 0 Å². The average molecular weight is 639 g/mol. The van der Waals surface area contributed by atoms with Crippen LogP contribution in [-0.4, -0.2) is 32.6 Å². The van der Waals surface area contributed by atoms with E-state index < -0.39 is 0 Å². The highest BCUT2D eigenvalue weighted by Gasteiger charge is 2.50. The van der Waals surface area contributed by atoms with Crippen molar-refractivity contribution in [2.75, 3.05) is 22.9 Å². The fourth-order valence-corrected chi connectivity index (χ4v) is 10.6. The molecular formula is C44H71BN2. The van der Waals surface area contributed by atoms with E-state index in [9.17, 15) is 0 Å². The minimum Gasteiger partial charge on any atom is -0.365 e. The highest BCUT2D eigenvalue weighted by atomic mass is 15.2. The summed E-state index contributed by atoms with van der Waals surface area (Å²) in [5.41, 5.74) is 10.9. The van der Waals surface area contributed by atoms with E-state index in [0.29, 0.717) is 28.6 Å². The van der Waals surface area contributed by atoms with Crippen molar-refractivity contribution in [1.29, 1.82) is 0 Å². The molecule has 2 nitrogen and oxygen atoms in total. The SMILES string of the molecule is CC(C)c1cccc(C(C)C)c1N1CC2(CCCCC2)CC1(C)C.Cc1cccc(C(C)C)c1N1CC2(CCCCC2)CC1(C)C.[BH]. The van der Waals surface area contributed by atoms with Gasteiger partial charge < -0.3 is 9.80 Å². The molecule has 0 aromatic heterocycles. The molecule has 260 valence electrons. The molecule has 2 aliphatic carbocycles. The largest absolute Gasteiger partial charge is 0.365 e. The number of hydrogen-bond acceptors (Lipinski definition) is 2. The summed E-state index contributed by atoms with van der Waals surface area (Å²) in [5, 5.41) is 0. The Bertz CT molecular complexity index is 1300. The zero-order chi connectivity index (χ0) is 33.5. The van der Waals surface area contributed by atoms with E-state index in [4.69, 9.17) is 0 Å². The number of aryl methyl sites for hydroxylation is 1. The van der Waals surface area contributed by atoms with Crippen LogP contribution in [0.5, 0.6) is 0 Å². The summed E-state index contributed by atoms with van der Waals surface area (Å²) < 4.78 is 0. The molecule has 47 heavy (non-hydrogen) atoms. The third-order valence-corrected chi connectivity index (χ3v) is 12.7. The maximum absolute atomic E-state index is 2.81. The van der Waals surface area contributed by atoms with Crippen LogP contribution in [0.1, 0.15) is 186 Å². The lowest BCUT2D eigenvalue weighted by Gasteiger charge is -2.38. The van der Waals surface area contributed by atoms with Gasteiger partial charge in [-0.25, -0.2) is 0 Å². The van der Waals surface area contributed by atoms with Crippen LogP contribution in [0.25, 0.3) is 0 Å². The van der Waals surface area contributed by atoms with Gasteiger partial charge in [0, 0.05) is 44.0 Å². The van der Waals surface area contributed by atoms with E-state index in [1.165, 1.54) is 107 Å². The first-order valence-corrected chi connectivity index (χ1v) is 19.4. The number of nitrogens with zero attached hydrogens (tertiary/aromatic N) is 2. The van der Waals surface area contributed by atoms with Crippen LogP contribution < -0.4 is 9.80 Å². The molecule has 2 aromatic rings. The number of anilines is 2. The molecule has 0 amide bonds. The lowest BCUT2D eigenvalue weighted by Crippen LogP contribution is -2.39. The first kappa shape index (κ1) is 37.9. The molecule has 0 N–H and O–H groups in total. The second kappa shape index (κ2) is 14.5. The summed E-state index contributed by atoms with van der Waals surface area (Å²) in [5.74, 6) is 1.75. The van der Waals surface area contributed by atoms with Gasteiger partial charge in [-0.2, -0.15) is 0 Å². The van der Waals surface area contributed by atoms with Crippen molar-refractivity contribution in [3.05, 3.63) is 58.7 Å². The molecule has 4 fully saturated rings. The fourth-order valence-electron chi connectivity index (χ4n) is 10.6. The molecule has 2 aromatic carbocycles. The lowest BCUT2D eigenvalue weighted by atomic mass is 9.71. The smallest absolute Gasteiger partial charge is 0.0441 e. The van der Waals surface area contributed by atoms with Crippen LogP contribution in [0, 0.1) is 17.8 Å². The maximum atomic E-state index is 2.81. The molecule has 2 saturated carbocycles. The molecule has 2 aliphatic heterocycles. The molecule has 3 heteroatoms.